The second-order valence-electron chi connectivity index (χ2n) is 9.33. The first-order chi connectivity index (χ1) is 15.6. The maximum atomic E-state index is 13.6. The summed E-state index contributed by atoms with van der Waals surface area (Å²) < 4.78 is 1.35. The quantitative estimate of drug-likeness (QED) is 0.512. The van der Waals surface area contributed by atoms with Crippen LogP contribution >= 0.6 is 0 Å². The van der Waals surface area contributed by atoms with Gasteiger partial charge in [0.05, 0.1) is 0 Å². The zero-order valence-corrected chi connectivity index (χ0v) is 17.7. The molecule has 0 saturated carbocycles. The molecule has 4 aromatic rings. The van der Waals surface area contributed by atoms with E-state index in [0.29, 0.717) is 40.6 Å². The van der Waals surface area contributed by atoms with Crippen LogP contribution in [0, 0.1) is 18.8 Å². The number of likely N-dealkylation sites (tertiary alicyclic amines) is 1. The van der Waals surface area contributed by atoms with E-state index in [1.165, 1.54) is 32.8 Å². The molecule has 2 atom stereocenters. The summed E-state index contributed by atoms with van der Waals surface area (Å²) >= 11 is 0. The van der Waals surface area contributed by atoms with Crippen molar-refractivity contribution < 1.29 is 4.79 Å². The molecule has 32 heavy (non-hydrogen) atoms. The van der Waals surface area contributed by atoms with E-state index in [4.69, 9.17) is 0 Å². The lowest BCUT2D eigenvalue weighted by Crippen LogP contribution is -2.39. The van der Waals surface area contributed by atoms with Crippen molar-refractivity contribution in [1.82, 2.24) is 19.5 Å². The minimum absolute atomic E-state index is 0.0526. The van der Waals surface area contributed by atoms with Crippen molar-refractivity contribution in [2.24, 2.45) is 11.8 Å². The largest absolute Gasteiger partial charge is 0.338 e. The molecule has 1 saturated heterocycles. The average Bonchev–Trinajstić information content (AvgIpc) is 3.43. The van der Waals surface area contributed by atoms with Gasteiger partial charge in [-0.05, 0) is 41.0 Å². The summed E-state index contributed by atoms with van der Waals surface area (Å²) in [7, 11) is 0. The Morgan fingerprint density at radius 3 is 2.00 bits per heavy atom. The fourth-order valence-electron chi connectivity index (χ4n) is 6.56. The van der Waals surface area contributed by atoms with E-state index in [-0.39, 0.29) is 11.5 Å². The number of carbonyl (C=O) groups excluding carboxylic acids is 1. The molecule has 158 valence electrons. The second-order valence-corrected chi connectivity index (χ2v) is 9.33. The van der Waals surface area contributed by atoms with Crippen molar-refractivity contribution in [3.8, 4) is 0 Å². The number of hydrogen-bond acceptors (Lipinski definition) is 3. The van der Waals surface area contributed by atoms with Crippen LogP contribution in [0.25, 0.3) is 5.65 Å². The molecule has 1 fully saturated rings. The molecule has 4 aliphatic rings. The normalized spacial score (nSPS) is 25.0. The number of amides is 1. The zero-order chi connectivity index (χ0) is 21.6. The maximum Gasteiger partial charge on any atom is 0.272 e. The summed E-state index contributed by atoms with van der Waals surface area (Å²) in [6, 6.07) is 19.1. The monoisotopic (exact) mass is 422 g/mol. The minimum Gasteiger partial charge on any atom is -0.338 e. The highest BCUT2D eigenvalue weighted by Crippen LogP contribution is 2.60. The summed E-state index contributed by atoms with van der Waals surface area (Å²) in [6.07, 6.45) is 1.62. The molecule has 2 bridgehead atoms. The Bertz CT molecular complexity index is 1380. The Morgan fingerprint density at radius 2 is 1.47 bits per heavy atom. The summed E-state index contributed by atoms with van der Waals surface area (Å²) in [5, 5.41) is 2.90. The Balaban J connectivity index is 1.31. The lowest BCUT2D eigenvalue weighted by atomic mass is 9.55. The molecule has 0 spiro atoms. The van der Waals surface area contributed by atoms with Gasteiger partial charge in [0.2, 0.25) is 0 Å². The maximum absolute atomic E-state index is 13.6. The van der Waals surface area contributed by atoms with E-state index in [1.54, 1.807) is 13.1 Å². The Kier molecular flexibility index (Phi) is 3.47. The smallest absolute Gasteiger partial charge is 0.272 e. The van der Waals surface area contributed by atoms with Crippen molar-refractivity contribution in [2.75, 3.05) is 13.1 Å². The van der Waals surface area contributed by atoms with E-state index in [1.807, 2.05) is 4.90 Å². The van der Waals surface area contributed by atoms with Gasteiger partial charge in [-0.15, -0.1) is 0 Å². The van der Waals surface area contributed by atoms with E-state index in [0.717, 1.165) is 13.1 Å². The second kappa shape index (κ2) is 6.19. The number of aromatic amines is 1. The van der Waals surface area contributed by atoms with E-state index in [9.17, 15) is 9.59 Å². The summed E-state index contributed by atoms with van der Waals surface area (Å²) in [5.41, 5.74) is 6.96. The van der Waals surface area contributed by atoms with Crippen molar-refractivity contribution in [3.05, 3.63) is 105 Å². The molecule has 2 aromatic carbocycles. The van der Waals surface area contributed by atoms with Crippen LogP contribution in [-0.2, 0) is 0 Å². The first-order valence-electron chi connectivity index (χ1n) is 11.2. The van der Waals surface area contributed by atoms with Crippen LogP contribution in [0.2, 0.25) is 0 Å². The molecular formula is C26H22N4O2. The molecular weight excluding hydrogens is 400 g/mol. The van der Waals surface area contributed by atoms with Crippen LogP contribution in [0.1, 0.15) is 50.1 Å². The number of fused-ring (bicyclic) bond motifs is 1. The Labute approximate surface area is 184 Å². The third-order valence-electron chi connectivity index (χ3n) is 7.74. The van der Waals surface area contributed by atoms with Gasteiger partial charge in [0.1, 0.15) is 5.56 Å². The molecule has 0 unspecified atom stereocenters. The molecule has 0 radical (unpaired) electrons. The zero-order valence-electron chi connectivity index (χ0n) is 17.7. The molecule has 1 amide bonds. The van der Waals surface area contributed by atoms with E-state index < -0.39 is 0 Å². The van der Waals surface area contributed by atoms with Crippen LogP contribution < -0.4 is 5.56 Å². The number of benzene rings is 2. The van der Waals surface area contributed by atoms with Crippen molar-refractivity contribution in [2.45, 2.75) is 18.8 Å². The number of nitrogens with zero attached hydrogens (tertiary/aromatic N) is 3. The molecule has 3 aliphatic carbocycles. The average molecular weight is 422 g/mol. The van der Waals surface area contributed by atoms with Crippen LogP contribution in [-0.4, -0.2) is 38.5 Å². The number of hydrogen-bond donors (Lipinski definition) is 1. The lowest BCUT2D eigenvalue weighted by molar-refractivity contribution is 0.0785. The number of aromatic nitrogens is 3. The SMILES string of the molecule is Cc1cc(=O)n2[nH]cc(C(=O)N3C[C@@H]4C5c6ccccc6C(c6ccccc65)[C@@H]4C3)c2n1. The highest BCUT2D eigenvalue weighted by atomic mass is 16.2. The van der Waals surface area contributed by atoms with Crippen molar-refractivity contribution in [3.63, 3.8) is 0 Å². The summed E-state index contributed by atoms with van der Waals surface area (Å²) in [5.74, 6) is 1.39. The Hall–Kier alpha value is -3.67. The summed E-state index contributed by atoms with van der Waals surface area (Å²) in [4.78, 5) is 32.3. The number of rotatable bonds is 1. The standard InChI is InChI=1S/C26H22N4O2/c1-14-10-22(31)30-25(28-14)19(11-27-30)26(32)29-12-20-21(13-29)24-16-7-3-2-6-15(16)23(20)17-8-4-5-9-18(17)24/h2-11,20-21,23-24,27H,12-13H2,1H3/t20-,21+,23?,24?. The lowest BCUT2D eigenvalue weighted by Gasteiger charge is -2.47. The summed E-state index contributed by atoms with van der Waals surface area (Å²) in [6.45, 7) is 3.22. The molecule has 6 nitrogen and oxygen atoms in total. The molecule has 1 aliphatic heterocycles. The first kappa shape index (κ1) is 18.0. The Morgan fingerprint density at radius 1 is 0.938 bits per heavy atom. The predicted octanol–water partition coefficient (Wildman–Crippen LogP) is 3.31. The van der Waals surface area contributed by atoms with Gasteiger partial charge in [0, 0.05) is 42.9 Å². The van der Waals surface area contributed by atoms with Gasteiger partial charge in [-0.25, -0.2) is 9.50 Å². The third kappa shape index (κ3) is 2.22. The number of nitrogens with one attached hydrogen (secondary N) is 1. The topological polar surface area (TPSA) is 70.5 Å². The van der Waals surface area contributed by atoms with Crippen molar-refractivity contribution >= 4 is 11.6 Å². The van der Waals surface area contributed by atoms with Crippen LogP contribution in [0.3, 0.4) is 0 Å². The first-order valence-corrected chi connectivity index (χ1v) is 11.2. The molecule has 1 N–H and O–H groups in total. The highest BCUT2D eigenvalue weighted by Gasteiger charge is 2.53. The van der Waals surface area contributed by atoms with Crippen LogP contribution in [0.15, 0.2) is 65.6 Å². The fraction of sp³-hybridized carbons (Fsp3) is 0.269. The van der Waals surface area contributed by atoms with Gasteiger partial charge in [-0.2, -0.15) is 0 Å². The van der Waals surface area contributed by atoms with E-state index in [2.05, 4.69) is 58.6 Å². The van der Waals surface area contributed by atoms with Gasteiger partial charge in [0.25, 0.3) is 11.5 Å². The van der Waals surface area contributed by atoms with Crippen LogP contribution in [0.5, 0.6) is 0 Å². The van der Waals surface area contributed by atoms with Gasteiger partial charge >= 0.3 is 0 Å². The van der Waals surface area contributed by atoms with Gasteiger partial charge < -0.3 is 4.90 Å². The highest BCUT2D eigenvalue weighted by molar-refractivity contribution is 5.99. The van der Waals surface area contributed by atoms with Gasteiger partial charge in [-0.1, -0.05) is 48.5 Å². The number of carbonyl (C=O) groups is 1. The molecule has 2 aromatic heterocycles. The van der Waals surface area contributed by atoms with Crippen LogP contribution in [0.4, 0.5) is 0 Å². The van der Waals surface area contributed by atoms with E-state index >= 15 is 0 Å². The minimum atomic E-state index is -0.203. The van der Waals surface area contributed by atoms with Gasteiger partial charge in [-0.3, -0.25) is 14.7 Å². The molecule has 3 heterocycles. The molecule has 8 rings (SSSR count). The fourth-order valence-corrected chi connectivity index (χ4v) is 6.56. The number of aryl methyl sites for hydroxylation is 1. The molecule has 6 heteroatoms. The van der Waals surface area contributed by atoms with Crippen molar-refractivity contribution in [1.29, 1.82) is 0 Å². The van der Waals surface area contributed by atoms with Gasteiger partial charge in [0.15, 0.2) is 5.65 Å². The predicted molar refractivity (Wildman–Crippen MR) is 120 cm³/mol. The number of H-pyrrole nitrogens is 1. The third-order valence-corrected chi connectivity index (χ3v) is 7.74.